The van der Waals surface area contributed by atoms with Gasteiger partial charge in [0, 0.05) is 11.5 Å². The Hall–Kier alpha value is -2.11. The van der Waals surface area contributed by atoms with E-state index < -0.39 is 5.91 Å². The summed E-state index contributed by atoms with van der Waals surface area (Å²) < 4.78 is 5.74. The third kappa shape index (κ3) is 2.46. The van der Waals surface area contributed by atoms with Crippen LogP contribution in [0.5, 0.6) is 0 Å². The van der Waals surface area contributed by atoms with Gasteiger partial charge in [-0.05, 0) is 39.5 Å². The topological polar surface area (TPSA) is 94.0 Å². The molecule has 2 aliphatic carbocycles. The van der Waals surface area contributed by atoms with E-state index in [1.54, 1.807) is 6.92 Å². The average molecular weight is 314 g/mol. The molecule has 6 heteroatoms. The summed E-state index contributed by atoms with van der Waals surface area (Å²) in [6.07, 6.45) is 6.86. The minimum absolute atomic E-state index is 0.0499. The molecule has 1 amide bonds. The summed E-state index contributed by atoms with van der Waals surface area (Å²) in [6.45, 7) is 3.91. The van der Waals surface area contributed by atoms with Crippen molar-refractivity contribution >= 4 is 22.8 Å². The summed E-state index contributed by atoms with van der Waals surface area (Å²) >= 11 is 0. The molecule has 0 atom stereocenters. The zero-order chi connectivity index (χ0) is 16.2. The third-order valence-corrected chi connectivity index (χ3v) is 5.13. The zero-order valence-electron chi connectivity index (χ0n) is 13.6. The maximum absolute atomic E-state index is 11.9. The van der Waals surface area contributed by atoms with Gasteiger partial charge in [0.15, 0.2) is 0 Å². The van der Waals surface area contributed by atoms with E-state index in [9.17, 15) is 4.79 Å². The van der Waals surface area contributed by atoms with Crippen LogP contribution < -0.4 is 11.1 Å². The van der Waals surface area contributed by atoms with Crippen LogP contribution in [0.25, 0.3) is 11.1 Å². The first-order chi connectivity index (χ1) is 11.0. The van der Waals surface area contributed by atoms with Crippen LogP contribution in [-0.4, -0.2) is 21.4 Å². The number of fused-ring (bicyclic) bond motifs is 1. The number of amides is 1. The second kappa shape index (κ2) is 4.94. The molecule has 2 aliphatic rings. The van der Waals surface area contributed by atoms with E-state index in [1.165, 1.54) is 12.8 Å². The Kier molecular flexibility index (Phi) is 3.11. The standard InChI is InChI=1S/C17H22N4O2/c1-9-11(13(18)22)12-15(21-17(2)7-8-17)19-14(20-16(12)23-9)10-5-3-4-6-10/h10H,3-8H2,1-2H3,(H2,18,22)(H,19,20,21). The van der Waals surface area contributed by atoms with Gasteiger partial charge in [-0.3, -0.25) is 4.79 Å². The van der Waals surface area contributed by atoms with Crippen molar-refractivity contribution in [3.8, 4) is 0 Å². The molecule has 0 spiro atoms. The van der Waals surface area contributed by atoms with E-state index in [0.29, 0.717) is 34.2 Å². The number of nitrogens with zero attached hydrogens (tertiary/aromatic N) is 2. The minimum atomic E-state index is -0.498. The largest absolute Gasteiger partial charge is 0.442 e. The molecule has 2 heterocycles. The number of aromatic nitrogens is 2. The summed E-state index contributed by atoms with van der Waals surface area (Å²) in [5.41, 5.74) is 6.47. The summed E-state index contributed by atoms with van der Waals surface area (Å²) in [7, 11) is 0. The van der Waals surface area contributed by atoms with Gasteiger partial charge in [-0.15, -0.1) is 0 Å². The van der Waals surface area contributed by atoms with Crippen molar-refractivity contribution in [3.63, 3.8) is 0 Å². The fourth-order valence-electron chi connectivity index (χ4n) is 3.48. The Labute approximate surface area is 134 Å². The number of nitrogens with two attached hydrogens (primary N) is 1. The van der Waals surface area contributed by atoms with Crippen LogP contribution in [0.4, 0.5) is 5.82 Å². The van der Waals surface area contributed by atoms with Crippen LogP contribution in [0.3, 0.4) is 0 Å². The molecule has 2 aromatic heterocycles. The van der Waals surface area contributed by atoms with Crippen LogP contribution in [0, 0.1) is 6.92 Å². The Balaban J connectivity index is 1.90. The van der Waals surface area contributed by atoms with Gasteiger partial charge < -0.3 is 15.5 Å². The van der Waals surface area contributed by atoms with Crippen LogP contribution in [-0.2, 0) is 0 Å². The van der Waals surface area contributed by atoms with Crippen molar-refractivity contribution in [2.24, 2.45) is 5.73 Å². The number of furan rings is 1. The maximum atomic E-state index is 11.9. The normalized spacial score (nSPS) is 20.1. The monoisotopic (exact) mass is 314 g/mol. The van der Waals surface area contributed by atoms with Gasteiger partial charge in [0.2, 0.25) is 5.71 Å². The smallest absolute Gasteiger partial charge is 0.253 e. The SMILES string of the molecule is Cc1oc2nc(C3CCCC3)nc(NC3(C)CC3)c2c1C(N)=O. The van der Waals surface area contributed by atoms with Crippen LogP contribution in [0.1, 0.15) is 73.3 Å². The predicted molar refractivity (Wildman–Crippen MR) is 87.5 cm³/mol. The quantitative estimate of drug-likeness (QED) is 0.903. The number of aryl methyl sites for hydroxylation is 1. The number of carbonyl (C=O) groups is 1. The summed E-state index contributed by atoms with van der Waals surface area (Å²) in [5.74, 6) is 1.92. The molecule has 0 aromatic carbocycles. The predicted octanol–water partition coefficient (Wildman–Crippen LogP) is 3.25. The molecule has 23 heavy (non-hydrogen) atoms. The molecule has 0 radical (unpaired) electrons. The number of hydrogen-bond donors (Lipinski definition) is 2. The molecular formula is C17H22N4O2. The van der Waals surface area contributed by atoms with E-state index in [1.807, 2.05) is 0 Å². The number of rotatable bonds is 4. The first kappa shape index (κ1) is 14.5. The second-order valence-electron chi connectivity index (χ2n) is 7.18. The number of nitrogens with one attached hydrogen (secondary N) is 1. The van der Waals surface area contributed by atoms with Crippen molar-refractivity contribution in [2.75, 3.05) is 5.32 Å². The molecule has 0 aliphatic heterocycles. The Morgan fingerprint density at radius 1 is 1.30 bits per heavy atom. The highest BCUT2D eigenvalue weighted by atomic mass is 16.3. The summed E-state index contributed by atoms with van der Waals surface area (Å²) in [5, 5.41) is 4.12. The van der Waals surface area contributed by atoms with Gasteiger partial charge >= 0.3 is 0 Å². The van der Waals surface area contributed by atoms with Crippen LogP contribution in [0.15, 0.2) is 4.42 Å². The highest BCUT2D eigenvalue weighted by Gasteiger charge is 2.39. The lowest BCUT2D eigenvalue weighted by Gasteiger charge is -2.16. The summed E-state index contributed by atoms with van der Waals surface area (Å²) in [4.78, 5) is 21.2. The number of anilines is 1. The minimum Gasteiger partial charge on any atom is -0.442 e. The Morgan fingerprint density at radius 2 is 2.00 bits per heavy atom. The molecule has 0 bridgehead atoms. The lowest BCUT2D eigenvalue weighted by Crippen LogP contribution is -2.19. The highest BCUT2D eigenvalue weighted by Crippen LogP contribution is 2.41. The highest BCUT2D eigenvalue weighted by molar-refractivity contribution is 6.09. The van der Waals surface area contributed by atoms with Gasteiger partial charge in [-0.2, -0.15) is 4.98 Å². The molecule has 2 fully saturated rings. The molecule has 0 saturated heterocycles. The molecule has 0 unspecified atom stereocenters. The second-order valence-corrected chi connectivity index (χ2v) is 7.18. The van der Waals surface area contributed by atoms with Crippen molar-refractivity contribution in [2.45, 2.75) is 63.8 Å². The zero-order valence-corrected chi connectivity index (χ0v) is 13.6. The van der Waals surface area contributed by atoms with Gasteiger partial charge in [0.25, 0.3) is 5.91 Å². The van der Waals surface area contributed by atoms with Crippen LogP contribution in [0.2, 0.25) is 0 Å². The molecule has 6 nitrogen and oxygen atoms in total. The lowest BCUT2D eigenvalue weighted by atomic mass is 10.1. The summed E-state index contributed by atoms with van der Waals surface area (Å²) in [6, 6.07) is 0. The van der Waals surface area contributed by atoms with Crippen molar-refractivity contribution in [1.29, 1.82) is 0 Å². The average Bonchev–Trinajstić information content (AvgIpc) is 2.93. The van der Waals surface area contributed by atoms with E-state index in [0.717, 1.165) is 31.5 Å². The number of carbonyl (C=O) groups excluding carboxylic acids is 1. The van der Waals surface area contributed by atoms with E-state index >= 15 is 0 Å². The van der Waals surface area contributed by atoms with Crippen molar-refractivity contribution < 1.29 is 9.21 Å². The van der Waals surface area contributed by atoms with E-state index in [2.05, 4.69) is 17.2 Å². The van der Waals surface area contributed by atoms with Gasteiger partial charge in [-0.1, -0.05) is 12.8 Å². The van der Waals surface area contributed by atoms with E-state index in [-0.39, 0.29) is 5.54 Å². The number of primary amides is 1. The maximum Gasteiger partial charge on any atom is 0.253 e. The molecule has 2 saturated carbocycles. The number of hydrogen-bond acceptors (Lipinski definition) is 5. The molecule has 3 N–H and O–H groups in total. The fourth-order valence-corrected chi connectivity index (χ4v) is 3.48. The van der Waals surface area contributed by atoms with Gasteiger partial charge in [0.1, 0.15) is 17.4 Å². The fraction of sp³-hybridized carbons (Fsp3) is 0.588. The van der Waals surface area contributed by atoms with E-state index in [4.69, 9.17) is 15.1 Å². The first-order valence-electron chi connectivity index (χ1n) is 8.36. The van der Waals surface area contributed by atoms with Crippen LogP contribution >= 0.6 is 0 Å². The van der Waals surface area contributed by atoms with Crippen molar-refractivity contribution in [3.05, 3.63) is 17.1 Å². The third-order valence-electron chi connectivity index (χ3n) is 5.13. The Bertz CT molecular complexity index is 785. The van der Waals surface area contributed by atoms with Gasteiger partial charge in [-0.25, -0.2) is 4.98 Å². The lowest BCUT2D eigenvalue weighted by molar-refractivity contribution is 0.1000. The van der Waals surface area contributed by atoms with Crippen molar-refractivity contribution in [1.82, 2.24) is 9.97 Å². The molecule has 4 rings (SSSR count). The molecular weight excluding hydrogens is 292 g/mol. The first-order valence-corrected chi connectivity index (χ1v) is 8.36. The van der Waals surface area contributed by atoms with Gasteiger partial charge in [0.05, 0.1) is 10.9 Å². The molecule has 122 valence electrons. The Morgan fingerprint density at radius 3 is 2.61 bits per heavy atom. The molecule has 2 aromatic rings.